The maximum Gasteiger partial charge on any atom is 0.236 e. The molecule has 0 atom stereocenters. The zero-order valence-corrected chi connectivity index (χ0v) is 16.8. The molecule has 30 heavy (non-hydrogen) atoms. The third-order valence-electron chi connectivity index (χ3n) is 5.91. The molecule has 3 aromatic rings. The van der Waals surface area contributed by atoms with E-state index in [0.717, 1.165) is 46.5 Å². The highest BCUT2D eigenvalue weighted by Gasteiger charge is 2.51. The first-order valence-electron chi connectivity index (χ1n) is 10.1. The third-order valence-corrected chi connectivity index (χ3v) is 5.91. The molecule has 0 bridgehead atoms. The van der Waals surface area contributed by atoms with E-state index in [-0.39, 0.29) is 12.7 Å². The Bertz CT molecular complexity index is 1140. The summed E-state index contributed by atoms with van der Waals surface area (Å²) >= 11 is 0. The topological polar surface area (TPSA) is 86.5 Å². The number of aryl methyl sites for hydroxylation is 1. The molecule has 5 rings (SSSR count). The fourth-order valence-corrected chi connectivity index (χ4v) is 4.00. The van der Waals surface area contributed by atoms with Crippen molar-refractivity contribution in [1.29, 1.82) is 0 Å². The van der Waals surface area contributed by atoms with Gasteiger partial charge in [-0.1, -0.05) is 24.3 Å². The number of nitrogens with one attached hydrogen (secondary N) is 1. The fourth-order valence-electron chi connectivity index (χ4n) is 4.00. The van der Waals surface area contributed by atoms with E-state index in [1.807, 2.05) is 55.5 Å². The average molecular weight is 401 g/mol. The summed E-state index contributed by atoms with van der Waals surface area (Å²) in [6, 6.07) is 17.7. The number of hydrogen-bond donors (Lipinski definition) is 2. The number of rotatable bonds is 5. The Morgan fingerprint density at radius 2 is 1.93 bits per heavy atom. The smallest absolute Gasteiger partial charge is 0.236 e. The summed E-state index contributed by atoms with van der Waals surface area (Å²) in [5.74, 6) is 1.94. The summed E-state index contributed by atoms with van der Waals surface area (Å²) in [4.78, 5) is 17.7. The summed E-state index contributed by atoms with van der Waals surface area (Å²) in [7, 11) is 0. The minimum absolute atomic E-state index is 0.0360. The van der Waals surface area contributed by atoms with Crippen LogP contribution in [0.5, 0.6) is 11.5 Å². The first-order valence-corrected chi connectivity index (χ1v) is 10.1. The Labute approximate surface area is 175 Å². The molecule has 3 N–H and O–H groups in total. The van der Waals surface area contributed by atoms with E-state index >= 15 is 0 Å². The second kappa shape index (κ2) is 7.15. The number of ether oxygens (including phenoxy) is 2. The van der Waals surface area contributed by atoms with Gasteiger partial charge in [0.15, 0.2) is 11.5 Å². The van der Waals surface area contributed by atoms with Gasteiger partial charge in [0.05, 0.1) is 5.41 Å². The van der Waals surface area contributed by atoms with E-state index < -0.39 is 5.41 Å². The second-order valence-electron chi connectivity index (χ2n) is 7.84. The van der Waals surface area contributed by atoms with Gasteiger partial charge in [0, 0.05) is 17.8 Å². The van der Waals surface area contributed by atoms with Crippen LogP contribution in [0.2, 0.25) is 0 Å². The molecule has 152 valence electrons. The minimum atomic E-state index is -0.523. The Hall–Kier alpha value is -3.38. The quantitative estimate of drug-likeness (QED) is 0.677. The van der Waals surface area contributed by atoms with Crippen LogP contribution in [-0.4, -0.2) is 17.7 Å². The first-order chi connectivity index (χ1) is 14.6. The van der Waals surface area contributed by atoms with Crippen molar-refractivity contribution in [2.45, 2.75) is 31.7 Å². The van der Waals surface area contributed by atoms with Gasteiger partial charge >= 0.3 is 0 Å². The van der Waals surface area contributed by atoms with E-state index in [4.69, 9.17) is 15.2 Å². The number of nitrogens with zero attached hydrogens (tertiary/aromatic N) is 1. The molecule has 0 spiro atoms. The summed E-state index contributed by atoms with van der Waals surface area (Å²) in [6.45, 7) is 2.67. The average Bonchev–Trinajstić information content (AvgIpc) is 3.45. The van der Waals surface area contributed by atoms with Gasteiger partial charge in [-0.2, -0.15) is 0 Å². The highest BCUT2D eigenvalue weighted by atomic mass is 16.7. The minimum Gasteiger partial charge on any atom is -0.454 e. The summed E-state index contributed by atoms with van der Waals surface area (Å²) in [5.41, 5.74) is 10.2. The molecule has 1 fully saturated rings. The molecule has 6 heteroatoms. The number of amides is 1. The molecular formula is C24H23N3O3. The normalized spacial score (nSPS) is 15.7. The number of nitrogens with two attached hydrogens (primary N) is 1. The number of aromatic nitrogens is 1. The highest BCUT2D eigenvalue weighted by molar-refractivity contribution is 6.01. The predicted octanol–water partition coefficient (Wildman–Crippen LogP) is 3.91. The van der Waals surface area contributed by atoms with E-state index in [1.54, 1.807) is 0 Å². The van der Waals surface area contributed by atoms with Gasteiger partial charge < -0.3 is 20.5 Å². The van der Waals surface area contributed by atoms with Gasteiger partial charge in [0.25, 0.3) is 0 Å². The number of fused-ring (bicyclic) bond motifs is 1. The summed E-state index contributed by atoms with van der Waals surface area (Å²) in [5, 5.41) is 3.01. The highest BCUT2D eigenvalue weighted by Crippen LogP contribution is 2.51. The second-order valence-corrected chi connectivity index (χ2v) is 7.84. The van der Waals surface area contributed by atoms with Gasteiger partial charge in [-0.05, 0) is 66.8 Å². The lowest BCUT2D eigenvalue weighted by molar-refractivity contribution is -0.118. The van der Waals surface area contributed by atoms with E-state index in [1.165, 1.54) is 0 Å². The summed E-state index contributed by atoms with van der Waals surface area (Å²) in [6.07, 6.45) is 1.61. The number of carbonyl (C=O) groups is 1. The Balaban J connectivity index is 1.37. The van der Waals surface area contributed by atoms with Gasteiger partial charge in [-0.3, -0.25) is 4.79 Å². The van der Waals surface area contributed by atoms with E-state index in [2.05, 4.69) is 16.4 Å². The number of hydrogen-bond acceptors (Lipinski definition) is 5. The predicted molar refractivity (Wildman–Crippen MR) is 114 cm³/mol. The summed E-state index contributed by atoms with van der Waals surface area (Å²) < 4.78 is 10.9. The van der Waals surface area contributed by atoms with Crippen molar-refractivity contribution >= 4 is 11.7 Å². The molecule has 1 aliphatic heterocycles. The maximum atomic E-state index is 13.1. The molecular weight excluding hydrogens is 378 g/mol. The molecule has 1 saturated carbocycles. The van der Waals surface area contributed by atoms with Crippen molar-refractivity contribution < 1.29 is 14.3 Å². The van der Waals surface area contributed by atoms with Crippen LogP contribution in [-0.2, 0) is 16.8 Å². The van der Waals surface area contributed by atoms with E-state index in [9.17, 15) is 4.79 Å². The van der Waals surface area contributed by atoms with Crippen molar-refractivity contribution in [3.8, 4) is 22.6 Å². The zero-order chi connectivity index (χ0) is 20.7. The molecule has 2 heterocycles. The number of pyridine rings is 1. The fraction of sp³-hybridized carbons (Fsp3) is 0.250. The van der Waals surface area contributed by atoms with Crippen molar-refractivity contribution in [3.63, 3.8) is 0 Å². The lowest BCUT2D eigenvalue weighted by Crippen LogP contribution is -2.28. The van der Waals surface area contributed by atoms with Crippen molar-refractivity contribution in [2.24, 2.45) is 5.73 Å². The van der Waals surface area contributed by atoms with Crippen LogP contribution in [0.25, 0.3) is 11.1 Å². The van der Waals surface area contributed by atoms with Crippen molar-refractivity contribution in [2.75, 3.05) is 12.1 Å². The molecule has 2 aliphatic rings. The molecule has 0 radical (unpaired) electrons. The molecule has 0 saturated heterocycles. The van der Waals surface area contributed by atoms with Crippen LogP contribution in [0.4, 0.5) is 5.82 Å². The number of carbonyl (C=O) groups excluding carboxylic acids is 1. The van der Waals surface area contributed by atoms with Crippen LogP contribution in [0, 0.1) is 6.92 Å². The standard InChI is InChI=1S/C24H23N3O3/c1-15-19(17-4-2-3-16(11-17)13-25)6-8-22(26-15)27-23(28)24(9-10-24)18-5-7-20-21(12-18)30-14-29-20/h2-8,11-12H,9-10,13-14,25H2,1H3,(H,26,27,28). The molecule has 6 nitrogen and oxygen atoms in total. The lowest BCUT2D eigenvalue weighted by atomic mass is 9.94. The van der Waals surface area contributed by atoms with Gasteiger partial charge in [-0.25, -0.2) is 4.98 Å². The van der Waals surface area contributed by atoms with Gasteiger partial charge in [-0.15, -0.1) is 0 Å². The maximum absolute atomic E-state index is 13.1. The van der Waals surface area contributed by atoms with Gasteiger partial charge in [0.2, 0.25) is 12.7 Å². The van der Waals surface area contributed by atoms with Crippen LogP contribution < -0.4 is 20.5 Å². The zero-order valence-electron chi connectivity index (χ0n) is 16.8. The third kappa shape index (κ3) is 3.19. The molecule has 1 aliphatic carbocycles. The molecule has 2 aromatic carbocycles. The number of benzene rings is 2. The first kappa shape index (κ1) is 18.6. The van der Waals surface area contributed by atoms with Gasteiger partial charge in [0.1, 0.15) is 5.82 Å². The molecule has 1 amide bonds. The Kier molecular flexibility index (Phi) is 4.44. The largest absolute Gasteiger partial charge is 0.454 e. The van der Waals surface area contributed by atoms with Crippen molar-refractivity contribution in [3.05, 3.63) is 71.4 Å². The van der Waals surface area contributed by atoms with Crippen molar-refractivity contribution in [1.82, 2.24) is 4.98 Å². The Morgan fingerprint density at radius 3 is 2.70 bits per heavy atom. The van der Waals surface area contributed by atoms with E-state index in [0.29, 0.717) is 18.1 Å². The molecule has 0 unspecified atom stereocenters. The Morgan fingerprint density at radius 1 is 1.10 bits per heavy atom. The molecule has 1 aromatic heterocycles. The SMILES string of the molecule is Cc1nc(NC(=O)C2(c3ccc4c(c3)OCO4)CC2)ccc1-c1cccc(CN)c1. The van der Waals surface area contributed by atoms with Crippen LogP contribution in [0.1, 0.15) is 29.7 Å². The lowest BCUT2D eigenvalue weighted by Gasteiger charge is -2.17. The van der Waals surface area contributed by atoms with Crippen LogP contribution in [0.15, 0.2) is 54.6 Å². The number of anilines is 1. The monoisotopic (exact) mass is 401 g/mol. The van der Waals surface area contributed by atoms with Crippen LogP contribution in [0.3, 0.4) is 0 Å². The van der Waals surface area contributed by atoms with Crippen LogP contribution >= 0.6 is 0 Å².